The summed E-state index contributed by atoms with van der Waals surface area (Å²) in [4.78, 5) is 5.84. The third-order valence-corrected chi connectivity index (χ3v) is 5.02. The molecule has 4 heteroatoms. The van der Waals surface area contributed by atoms with E-state index in [-0.39, 0.29) is 5.75 Å². The van der Waals surface area contributed by atoms with E-state index in [0.29, 0.717) is 11.7 Å². The highest BCUT2D eigenvalue weighted by atomic mass is 16.5. The lowest BCUT2D eigenvalue weighted by atomic mass is 9.98. The van der Waals surface area contributed by atoms with Gasteiger partial charge in [0.15, 0.2) is 11.5 Å². The molecule has 0 saturated carbocycles. The summed E-state index contributed by atoms with van der Waals surface area (Å²) < 4.78 is 5.13. The summed E-state index contributed by atoms with van der Waals surface area (Å²) in [6.07, 6.45) is 3.24. The van der Waals surface area contributed by atoms with Crippen molar-refractivity contribution in [3.8, 4) is 11.5 Å². The molecule has 1 saturated heterocycles. The van der Waals surface area contributed by atoms with Crippen LogP contribution in [0.2, 0.25) is 0 Å². The van der Waals surface area contributed by atoms with E-state index < -0.39 is 0 Å². The second kappa shape index (κ2) is 6.21. The van der Waals surface area contributed by atoms with Crippen LogP contribution in [-0.2, 0) is 6.54 Å². The second-order valence-corrected chi connectivity index (χ2v) is 6.51. The Kier molecular flexibility index (Phi) is 3.90. The first-order valence-corrected chi connectivity index (χ1v) is 8.39. The van der Waals surface area contributed by atoms with Gasteiger partial charge in [-0.1, -0.05) is 24.3 Å². The van der Waals surface area contributed by atoms with Crippen molar-refractivity contribution in [2.45, 2.75) is 18.9 Å². The molecule has 2 aromatic carbocycles. The SMILES string of the molecule is COc1ccc(C2CCN(Cc3c[nH]c4ccccc34)C2)cc1O. The van der Waals surface area contributed by atoms with Crippen molar-refractivity contribution >= 4 is 10.9 Å². The molecule has 0 spiro atoms. The number of para-hydroxylation sites is 1. The minimum Gasteiger partial charge on any atom is -0.504 e. The normalized spacial score (nSPS) is 18.3. The van der Waals surface area contributed by atoms with Crippen LogP contribution in [0.5, 0.6) is 11.5 Å². The van der Waals surface area contributed by atoms with Crippen LogP contribution in [0.15, 0.2) is 48.7 Å². The van der Waals surface area contributed by atoms with Crippen LogP contribution >= 0.6 is 0 Å². The van der Waals surface area contributed by atoms with Gasteiger partial charge in [-0.15, -0.1) is 0 Å². The second-order valence-electron chi connectivity index (χ2n) is 6.51. The first-order chi connectivity index (χ1) is 11.7. The topological polar surface area (TPSA) is 48.5 Å². The molecule has 0 amide bonds. The number of phenolic OH excluding ortho intramolecular Hbond substituents is 1. The molecule has 3 aromatic rings. The molecule has 1 unspecified atom stereocenters. The molecule has 0 bridgehead atoms. The van der Waals surface area contributed by atoms with Gasteiger partial charge in [0.05, 0.1) is 7.11 Å². The first kappa shape index (κ1) is 15.1. The van der Waals surface area contributed by atoms with Crippen molar-refractivity contribution in [1.82, 2.24) is 9.88 Å². The van der Waals surface area contributed by atoms with Crippen molar-refractivity contribution < 1.29 is 9.84 Å². The molecule has 1 aliphatic rings. The van der Waals surface area contributed by atoms with Gasteiger partial charge in [0.25, 0.3) is 0 Å². The fourth-order valence-corrected chi connectivity index (χ4v) is 3.71. The van der Waals surface area contributed by atoms with Crippen molar-refractivity contribution in [3.05, 3.63) is 59.8 Å². The smallest absolute Gasteiger partial charge is 0.160 e. The molecule has 1 atom stereocenters. The molecular weight excluding hydrogens is 300 g/mol. The quantitative estimate of drug-likeness (QED) is 0.766. The number of hydrogen-bond acceptors (Lipinski definition) is 3. The molecule has 2 N–H and O–H groups in total. The predicted molar refractivity (Wildman–Crippen MR) is 95.6 cm³/mol. The van der Waals surface area contributed by atoms with Crippen molar-refractivity contribution in [3.63, 3.8) is 0 Å². The molecule has 1 aliphatic heterocycles. The van der Waals surface area contributed by atoms with Gasteiger partial charge in [-0.2, -0.15) is 0 Å². The molecule has 24 heavy (non-hydrogen) atoms. The van der Waals surface area contributed by atoms with Gasteiger partial charge in [0.1, 0.15) is 0 Å². The third-order valence-electron chi connectivity index (χ3n) is 5.02. The summed E-state index contributed by atoms with van der Waals surface area (Å²) in [7, 11) is 1.58. The molecule has 4 nitrogen and oxygen atoms in total. The number of aromatic nitrogens is 1. The number of benzene rings is 2. The Morgan fingerprint density at radius 3 is 2.96 bits per heavy atom. The number of H-pyrrole nitrogens is 1. The number of fused-ring (bicyclic) bond motifs is 1. The maximum atomic E-state index is 10.0. The van der Waals surface area contributed by atoms with Gasteiger partial charge in [0, 0.05) is 30.2 Å². The van der Waals surface area contributed by atoms with Crippen LogP contribution in [-0.4, -0.2) is 35.2 Å². The third kappa shape index (κ3) is 2.74. The van der Waals surface area contributed by atoms with Crippen LogP contribution in [0, 0.1) is 0 Å². The van der Waals surface area contributed by atoms with Crippen LogP contribution in [0.3, 0.4) is 0 Å². The number of aromatic hydroxyl groups is 1. The van der Waals surface area contributed by atoms with E-state index in [4.69, 9.17) is 4.74 Å². The Labute approximate surface area is 141 Å². The molecule has 124 valence electrons. The number of methoxy groups -OCH3 is 1. The van der Waals surface area contributed by atoms with E-state index in [1.54, 1.807) is 7.11 Å². The lowest BCUT2D eigenvalue weighted by Crippen LogP contribution is -2.19. The molecule has 2 heterocycles. The van der Waals surface area contributed by atoms with E-state index in [2.05, 4.69) is 46.4 Å². The van der Waals surface area contributed by atoms with Gasteiger partial charge < -0.3 is 14.8 Å². The Balaban J connectivity index is 1.47. The number of nitrogens with zero attached hydrogens (tertiary/aromatic N) is 1. The Morgan fingerprint density at radius 1 is 1.25 bits per heavy atom. The Bertz CT molecular complexity index is 856. The summed E-state index contributed by atoms with van der Waals surface area (Å²) in [5.41, 5.74) is 3.74. The average Bonchev–Trinajstić information content (AvgIpc) is 3.23. The Hall–Kier alpha value is -2.46. The van der Waals surface area contributed by atoms with E-state index in [9.17, 15) is 5.11 Å². The maximum absolute atomic E-state index is 10.0. The number of rotatable bonds is 4. The zero-order chi connectivity index (χ0) is 16.5. The highest BCUT2D eigenvalue weighted by Gasteiger charge is 2.25. The number of likely N-dealkylation sites (tertiary alicyclic amines) is 1. The standard InChI is InChI=1S/C20H22N2O2/c1-24-20-7-6-14(10-19(20)23)15-8-9-22(12-15)13-16-11-21-18-5-3-2-4-17(16)18/h2-7,10-11,15,21,23H,8-9,12-13H2,1H3. The van der Waals surface area contributed by atoms with Gasteiger partial charge in [-0.25, -0.2) is 0 Å². The number of hydrogen-bond donors (Lipinski definition) is 2. The lowest BCUT2D eigenvalue weighted by molar-refractivity contribution is 0.328. The Morgan fingerprint density at radius 2 is 2.12 bits per heavy atom. The number of ether oxygens (including phenoxy) is 1. The van der Waals surface area contributed by atoms with Gasteiger partial charge >= 0.3 is 0 Å². The van der Waals surface area contributed by atoms with E-state index in [0.717, 1.165) is 26.1 Å². The van der Waals surface area contributed by atoms with Gasteiger partial charge in [-0.3, -0.25) is 4.90 Å². The number of aromatic amines is 1. The summed E-state index contributed by atoms with van der Waals surface area (Å²) in [6, 6.07) is 14.2. The minimum absolute atomic E-state index is 0.227. The summed E-state index contributed by atoms with van der Waals surface area (Å²) in [6.45, 7) is 3.06. The number of nitrogens with one attached hydrogen (secondary N) is 1. The van der Waals surface area contributed by atoms with Gasteiger partial charge in [0.2, 0.25) is 0 Å². The molecule has 1 aromatic heterocycles. The average molecular weight is 322 g/mol. The van der Waals surface area contributed by atoms with Crippen LogP contribution in [0.1, 0.15) is 23.5 Å². The lowest BCUT2D eigenvalue weighted by Gasteiger charge is -2.16. The molecule has 4 rings (SSSR count). The van der Waals surface area contributed by atoms with Crippen molar-refractivity contribution in [1.29, 1.82) is 0 Å². The van der Waals surface area contributed by atoms with E-state index >= 15 is 0 Å². The highest BCUT2D eigenvalue weighted by Crippen LogP contribution is 2.34. The highest BCUT2D eigenvalue weighted by molar-refractivity contribution is 5.82. The minimum atomic E-state index is 0.227. The molecular formula is C20H22N2O2. The van der Waals surface area contributed by atoms with Crippen LogP contribution in [0.25, 0.3) is 10.9 Å². The molecule has 0 aliphatic carbocycles. The largest absolute Gasteiger partial charge is 0.504 e. The fourth-order valence-electron chi connectivity index (χ4n) is 3.71. The van der Waals surface area contributed by atoms with E-state index in [1.807, 2.05) is 12.1 Å². The number of phenols is 1. The van der Waals surface area contributed by atoms with Crippen LogP contribution in [0.4, 0.5) is 0 Å². The zero-order valence-electron chi connectivity index (χ0n) is 13.8. The van der Waals surface area contributed by atoms with Gasteiger partial charge in [-0.05, 0) is 48.2 Å². The summed E-state index contributed by atoms with van der Waals surface area (Å²) in [5.74, 6) is 1.23. The predicted octanol–water partition coefficient (Wildman–Crippen LogP) is 3.87. The monoisotopic (exact) mass is 322 g/mol. The van der Waals surface area contributed by atoms with E-state index in [1.165, 1.54) is 22.0 Å². The molecule has 0 radical (unpaired) electrons. The summed E-state index contributed by atoms with van der Waals surface area (Å²) in [5, 5.41) is 11.3. The summed E-state index contributed by atoms with van der Waals surface area (Å²) >= 11 is 0. The fraction of sp³-hybridized carbons (Fsp3) is 0.300. The van der Waals surface area contributed by atoms with Crippen molar-refractivity contribution in [2.24, 2.45) is 0 Å². The maximum Gasteiger partial charge on any atom is 0.160 e. The zero-order valence-corrected chi connectivity index (χ0v) is 13.8. The van der Waals surface area contributed by atoms with Crippen LogP contribution < -0.4 is 4.74 Å². The van der Waals surface area contributed by atoms with Crippen molar-refractivity contribution in [2.75, 3.05) is 20.2 Å². The molecule has 1 fully saturated rings. The first-order valence-electron chi connectivity index (χ1n) is 8.39.